The van der Waals surface area contributed by atoms with Gasteiger partial charge in [-0.15, -0.1) is 0 Å². The number of methoxy groups -OCH3 is 1. The van der Waals surface area contributed by atoms with Crippen molar-refractivity contribution in [1.29, 1.82) is 0 Å². The van der Waals surface area contributed by atoms with Crippen LogP contribution in [-0.4, -0.2) is 25.6 Å². The lowest BCUT2D eigenvalue weighted by Crippen LogP contribution is -2.28. The molecule has 0 aliphatic heterocycles. The number of amides is 1. The number of carboxylic acids is 1. The lowest BCUT2D eigenvalue weighted by atomic mass is 10.2. The van der Waals surface area contributed by atoms with Gasteiger partial charge in [-0.1, -0.05) is 22.0 Å². The molecule has 23 heavy (non-hydrogen) atoms. The van der Waals surface area contributed by atoms with Gasteiger partial charge in [0.15, 0.2) is 0 Å². The van der Waals surface area contributed by atoms with Crippen molar-refractivity contribution in [3.8, 4) is 11.5 Å². The topological polar surface area (TPSA) is 87.7 Å². The molecule has 0 saturated carbocycles. The van der Waals surface area contributed by atoms with Crippen LogP contribution in [0.15, 0.2) is 46.9 Å². The number of carboxylic acid groups (broad SMARTS) is 1. The lowest BCUT2D eigenvalue weighted by molar-refractivity contribution is -0.307. The molecule has 2 aromatic carbocycles. The Balaban J connectivity index is 2.15. The predicted octanol–water partition coefficient (Wildman–Crippen LogP) is 1.84. The molecule has 0 radical (unpaired) electrons. The molecule has 0 fully saturated rings. The number of ether oxygens (including phenoxy) is 2. The van der Waals surface area contributed by atoms with E-state index < -0.39 is 12.6 Å². The number of hydrogen-bond donors (Lipinski definition) is 1. The zero-order chi connectivity index (χ0) is 16.8. The van der Waals surface area contributed by atoms with Gasteiger partial charge < -0.3 is 24.7 Å². The van der Waals surface area contributed by atoms with Crippen molar-refractivity contribution in [2.24, 2.45) is 0 Å². The van der Waals surface area contributed by atoms with Crippen molar-refractivity contribution >= 4 is 33.5 Å². The number of nitrogens with one attached hydrogen (secondary N) is 1. The Morgan fingerprint density at radius 2 is 2.00 bits per heavy atom. The Hall–Kier alpha value is -2.54. The lowest BCUT2D eigenvalue weighted by Gasteiger charge is -2.11. The van der Waals surface area contributed by atoms with Gasteiger partial charge in [0.25, 0.3) is 5.91 Å². The van der Waals surface area contributed by atoms with Gasteiger partial charge in [0.05, 0.1) is 18.6 Å². The van der Waals surface area contributed by atoms with Crippen LogP contribution in [-0.2, 0) is 4.79 Å². The maximum atomic E-state index is 12.4. The average Bonchev–Trinajstić information content (AvgIpc) is 2.53. The van der Waals surface area contributed by atoms with Crippen molar-refractivity contribution in [2.75, 3.05) is 19.0 Å². The molecule has 0 spiro atoms. The fourth-order valence-corrected chi connectivity index (χ4v) is 2.22. The van der Waals surface area contributed by atoms with Crippen LogP contribution in [0.2, 0.25) is 0 Å². The maximum Gasteiger partial charge on any atom is 0.259 e. The molecule has 0 unspecified atom stereocenters. The van der Waals surface area contributed by atoms with E-state index in [1.165, 1.54) is 13.2 Å². The molecule has 0 saturated heterocycles. The highest BCUT2D eigenvalue weighted by atomic mass is 79.9. The second-order valence-electron chi connectivity index (χ2n) is 4.49. The third kappa shape index (κ3) is 4.72. The number of carbonyl (C=O) groups excluding carboxylic acids is 2. The Kier molecular flexibility index (Phi) is 5.59. The van der Waals surface area contributed by atoms with Crippen LogP contribution in [0, 0.1) is 0 Å². The summed E-state index contributed by atoms with van der Waals surface area (Å²) in [6.45, 7) is -0.559. The summed E-state index contributed by atoms with van der Waals surface area (Å²) in [5.74, 6) is -0.929. The summed E-state index contributed by atoms with van der Waals surface area (Å²) in [6.07, 6.45) is 0. The number of halogens is 1. The summed E-state index contributed by atoms with van der Waals surface area (Å²) < 4.78 is 10.9. The molecule has 0 aromatic heterocycles. The van der Waals surface area contributed by atoms with Gasteiger partial charge in [-0.25, -0.2) is 0 Å². The number of carbonyl (C=O) groups is 2. The SMILES string of the molecule is COc1ccc(Br)cc1C(=O)Nc1cccc(OCC(=O)[O-])c1. The van der Waals surface area contributed by atoms with Gasteiger partial charge in [0.2, 0.25) is 0 Å². The standard InChI is InChI=1S/C16H14BrNO5/c1-22-14-6-5-10(17)7-13(14)16(21)18-11-3-2-4-12(8-11)23-9-15(19)20/h2-8H,9H2,1H3,(H,18,21)(H,19,20)/p-1. The van der Waals surface area contributed by atoms with Crippen LogP contribution in [0.1, 0.15) is 10.4 Å². The zero-order valence-corrected chi connectivity index (χ0v) is 13.8. The Morgan fingerprint density at radius 3 is 2.70 bits per heavy atom. The third-order valence-corrected chi connectivity index (χ3v) is 3.35. The summed E-state index contributed by atoms with van der Waals surface area (Å²) in [4.78, 5) is 22.8. The van der Waals surface area contributed by atoms with Crippen molar-refractivity contribution in [1.82, 2.24) is 0 Å². The van der Waals surface area contributed by atoms with Gasteiger partial charge >= 0.3 is 0 Å². The molecule has 2 aromatic rings. The van der Waals surface area contributed by atoms with E-state index in [2.05, 4.69) is 21.2 Å². The molecule has 0 atom stereocenters. The fourth-order valence-electron chi connectivity index (χ4n) is 1.86. The van der Waals surface area contributed by atoms with Crippen LogP contribution in [0.4, 0.5) is 5.69 Å². The first kappa shape index (κ1) is 16.8. The summed E-state index contributed by atoms with van der Waals surface area (Å²) in [7, 11) is 1.48. The fraction of sp³-hybridized carbons (Fsp3) is 0.125. The van der Waals surface area contributed by atoms with E-state index >= 15 is 0 Å². The van der Waals surface area contributed by atoms with Crippen molar-refractivity contribution < 1.29 is 24.2 Å². The first-order valence-corrected chi connectivity index (χ1v) is 7.36. The number of rotatable bonds is 6. The Bertz CT molecular complexity index is 732. The zero-order valence-electron chi connectivity index (χ0n) is 12.2. The Labute approximate surface area is 141 Å². The second kappa shape index (κ2) is 7.64. The largest absolute Gasteiger partial charge is 0.546 e. The van der Waals surface area contributed by atoms with Crippen LogP contribution >= 0.6 is 15.9 Å². The van der Waals surface area contributed by atoms with Crippen molar-refractivity contribution in [3.63, 3.8) is 0 Å². The highest BCUT2D eigenvalue weighted by Gasteiger charge is 2.13. The van der Waals surface area contributed by atoms with Gasteiger partial charge in [0.1, 0.15) is 18.1 Å². The van der Waals surface area contributed by atoms with E-state index in [1.807, 2.05) is 0 Å². The minimum Gasteiger partial charge on any atom is -0.546 e. The molecule has 120 valence electrons. The first-order valence-electron chi connectivity index (χ1n) is 6.57. The average molecular weight is 379 g/mol. The molecule has 0 heterocycles. The van der Waals surface area contributed by atoms with Crippen molar-refractivity contribution in [3.05, 3.63) is 52.5 Å². The molecule has 7 heteroatoms. The minimum absolute atomic E-state index is 0.313. The van der Waals surface area contributed by atoms with Crippen LogP contribution in [0.25, 0.3) is 0 Å². The maximum absolute atomic E-state index is 12.4. The highest BCUT2D eigenvalue weighted by Crippen LogP contribution is 2.25. The molecule has 0 aliphatic carbocycles. The van der Waals surface area contributed by atoms with Gasteiger partial charge in [-0.3, -0.25) is 4.79 Å². The Morgan fingerprint density at radius 1 is 1.22 bits per heavy atom. The summed E-state index contributed by atoms with van der Waals surface area (Å²) >= 11 is 3.31. The third-order valence-electron chi connectivity index (χ3n) is 2.85. The molecule has 1 N–H and O–H groups in total. The smallest absolute Gasteiger partial charge is 0.259 e. The van der Waals surface area contributed by atoms with E-state index in [0.717, 1.165) is 4.47 Å². The molecule has 0 aliphatic rings. The predicted molar refractivity (Wildman–Crippen MR) is 85.6 cm³/mol. The summed E-state index contributed by atoms with van der Waals surface area (Å²) in [5.41, 5.74) is 0.829. The molecular formula is C16H13BrNO5-. The van der Waals surface area contributed by atoms with E-state index in [0.29, 0.717) is 22.7 Å². The summed E-state index contributed by atoms with van der Waals surface area (Å²) in [5, 5.41) is 13.1. The number of benzene rings is 2. The minimum atomic E-state index is -1.32. The number of anilines is 1. The van der Waals surface area contributed by atoms with E-state index in [1.54, 1.807) is 36.4 Å². The number of aliphatic carboxylic acids is 1. The molecule has 1 amide bonds. The van der Waals surface area contributed by atoms with Crippen LogP contribution in [0.5, 0.6) is 11.5 Å². The van der Waals surface area contributed by atoms with E-state index in [4.69, 9.17) is 9.47 Å². The number of hydrogen-bond acceptors (Lipinski definition) is 5. The quantitative estimate of drug-likeness (QED) is 0.828. The highest BCUT2D eigenvalue weighted by molar-refractivity contribution is 9.10. The molecule has 2 rings (SSSR count). The monoisotopic (exact) mass is 378 g/mol. The molecule has 6 nitrogen and oxygen atoms in total. The van der Waals surface area contributed by atoms with E-state index in [9.17, 15) is 14.7 Å². The molecular weight excluding hydrogens is 366 g/mol. The van der Waals surface area contributed by atoms with Gasteiger partial charge in [0, 0.05) is 16.2 Å². The van der Waals surface area contributed by atoms with E-state index in [-0.39, 0.29) is 5.91 Å². The van der Waals surface area contributed by atoms with Crippen molar-refractivity contribution in [2.45, 2.75) is 0 Å². The van der Waals surface area contributed by atoms with Gasteiger partial charge in [-0.05, 0) is 30.3 Å². The second-order valence-corrected chi connectivity index (χ2v) is 5.40. The van der Waals surface area contributed by atoms with Crippen LogP contribution < -0.4 is 19.9 Å². The first-order chi connectivity index (χ1) is 11.0. The van der Waals surface area contributed by atoms with Gasteiger partial charge in [-0.2, -0.15) is 0 Å². The normalized spacial score (nSPS) is 10.0. The summed E-state index contributed by atoms with van der Waals surface area (Å²) in [6, 6.07) is 11.5. The van der Waals surface area contributed by atoms with Crippen LogP contribution in [0.3, 0.4) is 0 Å². The molecule has 0 bridgehead atoms.